The van der Waals surface area contributed by atoms with Crippen molar-refractivity contribution in [1.82, 2.24) is 0 Å². The molecule has 3 nitrogen and oxygen atoms in total. The van der Waals surface area contributed by atoms with E-state index in [9.17, 15) is 4.79 Å². The summed E-state index contributed by atoms with van der Waals surface area (Å²) in [6, 6.07) is 9.04. The van der Waals surface area contributed by atoms with E-state index in [0.717, 1.165) is 5.56 Å². The Balaban J connectivity index is 2.69. The first-order chi connectivity index (χ1) is 7.15. The van der Waals surface area contributed by atoms with E-state index in [1.807, 2.05) is 36.6 Å². The lowest BCUT2D eigenvalue weighted by atomic mass is 10.1. The van der Waals surface area contributed by atoms with Crippen LogP contribution in [0.15, 0.2) is 30.3 Å². The summed E-state index contributed by atoms with van der Waals surface area (Å²) >= 11 is 1.63. The quantitative estimate of drug-likeness (QED) is 0.803. The number of hydrogen-bond donors (Lipinski definition) is 2. The topological polar surface area (TPSA) is 63.3 Å². The minimum Gasteiger partial charge on any atom is -0.480 e. The third-order valence-corrected chi connectivity index (χ3v) is 3.27. The van der Waals surface area contributed by atoms with Gasteiger partial charge in [-0.25, -0.2) is 0 Å². The molecular formula is C11H15NO2S. The zero-order chi connectivity index (χ0) is 11.3. The summed E-state index contributed by atoms with van der Waals surface area (Å²) in [5.41, 5.74) is 6.64. The molecule has 2 atom stereocenters. The Kier molecular flexibility index (Phi) is 4.65. The fourth-order valence-electron chi connectivity index (χ4n) is 1.37. The van der Waals surface area contributed by atoms with Gasteiger partial charge in [-0.2, -0.15) is 11.8 Å². The SMILES string of the molecule is CSC(CC(N)C(=O)O)c1ccccc1. The summed E-state index contributed by atoms with van der Waals surface area (Å²) in [4.78, 5) is 10.6. The molecule has 1 rings (SSSR count). The average molecular weight is 225 g/mol. The molecule has 15 heavy (non-hydrogen) atoms. The lowest BCUT2D eigenvalue weighted by Gasteiger charge is -2.16. The van der Waals surface area contributed by atoms with Crippen molar-refractivity contribution in [2.75, 3.05) is 6.26 Å². The summed E-state index contributed by atoms with van der Waals surface area (Å²) in [6.45, 7) is 0. The maximum atomic E-state index is 10.6. The molecule has 82 valence electrons. The molecule has 0 heterocycles. The standard InChI is InChI=1S/C11H15NO2S/c1-15-10(7-9(12)11(13)14)8-5-3-2-4-6-8/h2-6,9-10H,7,12H2,1H3,(H,13,14). The zero-order valence-corrected chi connectivity index (χ0v) is 9.41. The Morgan fingerprint density at radius 2 is 2.07 bits per heavy atom. The van der Waals surface area contributed by atoms with Gasteiger partial charge >= 0.3 is 5.97 Å². The predicted octanol–water partition coefficient (Wildman–Crippen LogP) is 1.89. The molecule has 0 bridgehead atoms. The van der Waals surface area contributed by atoms with Crippen molar-refractivity contribution in [3.05, 3.63) is 35.9 Å². The van der Waals surface area contributed by atoms with Crippen molar-refractivity contribution in [3.8, 4) is 0 Å². The Labute approximate surface area is 93.7 Å². The predicted molar refractivity (Wildman–Crippen MR) is 62.9 cm³/mol. The minimum atomic E-state index is -0.940. The molecule has 0 saturated carbocycles. The number of carboxylic acids is 1. The van der Waals surface area contributed by atoms with Crippen molar-refractivity contribution in [3.63, 3.8) is 0 Å². The molecule has 0 radical (unpaired) electrons. The van der Waals surface area contributed by atoms with E-state index in [1.165, 1.54) is 0 Å². The van der Waals surface area contributed by atoms with Crippen molar-refractivity contribution in [2.45, 2.75) is 17.7 Å². The van der Waals surface area contributed by atoms with Gasteiger partial charge in [-0.05, 0) is 18.2 Å². The van der Waals surface area contributed by atoms with E-state index >= 15 is 0 Å². The summed E-state index contributed by atoms with van der Waals surface area (Å²) in [6.07, 6.45) is 2.42. The molecule has 0 aliphatic heterocycles. The number of carboxylic acid groups (broad SMARTS) is 1. The summed E-state index contributed by atoms with van der Waals surface area (Å²) < 4.78 is 0. The van der Waals surface area contributed by atoms with Crippen LogP contribution >= 0.6 is 11.8 Å². The highest BCUT2D eigenvalue weighted by Gasteiger charge is 2.18. The van der Waals surface area contributed by atoms with E-state index < -0.39 is 12.0 Å². The maximum Gasteiger partial charge on any atom is 0.320 e. The van der Waals surface area contributed by atoms with Crippen LogP contribution in [0, 0.1) is 0 Å². The molecule has 4 heteroatoms. The summed E-state index contributed by atoms with van der Waals surface area (Å²) in [5, 5.41) is 8.89. The molecule has 0 spiro atoms. The highest BCUT2D eigenvalue weighted by Crippen LogP contribution is 2.30. The van der Waals surface area contributed by atoms with Crippen LogP contribution in [0.4, 0.5) is 0 Å². The van der Waals surface area contributed by atoms with Gasteiger partial charge in [0.05, 0.1) is 0 Å². The van der Waals surface area contributed by atoms with Gasteiger partial charge in [-0.1, -0.05) is 30.3 Å². The molecule has 3 N–H and O–H groups in total. The number of benzene rings is 1. The van der Waals surface area contributed by atoms with Crippen molar-refractivity contribution in [1.29, 1.82) is 0 Å². The monoisotopic (exact) mass is 225 g/mol. The van der Waals surface area contributed by atoms with Gasteiger partial charge in [-0.3, -0.25) is 4.79 Å². The number of rotatable bonds is 5. The normalized spacial score (nSPS) is 14.5. The Hall–Kier alpha value is -1.00. The van der Waals surface area contributed by atoms with E-state index in [2.05, 4.69) is 0 Å². The summed E-state index contributed by atoms with van der Waals surface area (Å²) in [5.74, 6) is -0.940. The molecule has 0 amide bonds. The highest BCUT2D eigenvalue weighted by molar-refractivity contribution is 7.98. The van der Waals surface area contributed by atoms with Crippen LogP contribution < -0.4 is 5.73 Å². The molecular weight excluding hydrogens is 210 g/mol. The fraction of sp³-hybridized carbons (Fsp3) is 0.364. The Bertz CT molecular complexity index is 316. The van der Waals surface area contributed by atoms with E-state index in [1.54, 1.807) is 11.8 Å². The summed E-state index contributed by atoms with van der Waals surface area (Å²) in [7, 11) is 0. The molecule has 0 saturated heterocycles. The Morgan fingerprint density at radius 3 is 2.53 bits per heavy atom. The van der Waals surface area contributed by atoms with Gasteiger partial charge < -0.3 is 10.8 Å². The van der Waals surface area contributed by atoms with Crippen LogP contribution in [-0.2, 0) is 4.79 Å². The second-order valence-corrected chi connectivity index (χ2v) is 4.36. The smallest absolute Gasteiger partial charge is 0.320 e. The van der Waals surface area contributed by atoms with Gasteiger partial charge in [-0.15, -0.1) is 0 Å². The van der Waals surface area contributed by atoms with E-state index in [4.69, 9.17) is 10.8 Å². The van der Waals surface area contributed by atoms with Crippen LogP contribution in [0.2, 0.25) is 0 Å². The van der Waals surface area contributed by atoms with E-state index in [0.29, 0.717) is 6.42 Å². The maximum absolute atomic E-state index is 10.6. The van der Waals surface area contributed by atoms with Gasteiger partial charge in [0.15, 0.2) is 0 Å². The zero-order valence-electron chi connectivity index (χ0n) is 8.59. The first-order valence-electron chi connectivity index (χ1n) is 4.71. The molecule has 1 aromatic carbocycles. The number of nitrogens with two attached hydrogens (primary N) is 1. The van der Waals surface area contributed by atoms with Crippen LogP contribution in [0.1, 0.15) is 17.2 Å². The number of hydrogen-bond acceptors (Lipinski definition) is 3. The van der Waals surface area contributed by atoms with Crippen LogP contribution in [0.3, 0.4) is 0 Å². The molecule has 0 fully saturated rings. The molecule has 0 aromatic heterocycles. The lowest BCUT2D eigenvalue weighted by Crippen LogP contribution is -2.31. The third kappa shape index (κ3) is 3.57. The second kappa shape index (κ2) is 5.78. The van der Waals surface area contributed by atoms with Gasteiger partial charge in [0.2, 0.25) is 0 Å². The van der Waals surface area contributed by atoms with Gasteiger partial charge in [0, 0.05) is 5.25 Å². The molecule has 1 aromatic rings. The van der Waals surface area contributed by atoms with Crippen LogP contribution in [0.25, 0.3) is 0 Å². The van der Waals surface area contributed by atoms with Crippen molar-refractivity contribution >= 4 is 17.7 Å². The molecule has 0 aliphatic rings. The number of thioether (sulfide) groups is 1. The van der Waals surface area contributed by atoms with E-state index in [-0.39, 0.29) is 5.25 Å². The largest absolute Gasteiger partial charge is 0.480 e. The number of aliphatic carboxylic acids is 1. The van der Waals surface area contributed by atoms with Gasteiger partial charge in [0.1, 0.15) is 6.04 Å². The lowest BCUT2D eigenvalue weighted by molar-refractivity contribution is -0.138. The minimum absolute atomic E-state index is 0.150. The highest BCUT2D eigenvalue weighted by atomic mass is 32.2. The first-order valence-corrected chi connectivity index (χ1v) is 6.00. The third-order valence-electron chi connectivity index (χ3n) is 2.24. The van der Waals surface area contributed by atoms with Crippen molar-refractivity contribution < 1.29 is 9.90 Å². The van der Waals surface area contributed by atoms with Crippen molar-refractivity contribution in [2.24, 2.45) is 5.73 Å². The number of carbonyl (C=O) groups is 1. The average Bonchev–Trinajstić information content (AvgIpc) is 2.26. The first kappa shape index (κ1) is 12.1. The second-order valence-electron chi connectivity index (χ2n) is 3.32. The van der Waals surface area contributed by atoms with Crippen LogP contribution in [0.5, 0.6) is 0 Å². The fourth-order valence-corrected chi connectivity index (χ4v) is 2.20. The molecule has 0 aliphatic carbocycles. The van der Waals surface area contributed by atoms with Gasteiger partial charge in [0.25, 0.3) is 0 Å². The van der Waals surface area contributed by atoms with Crippen LogP contribution in [-0.4, -0.2) is 23.4 Å². The molecule has 2 unspecified atom stereocenters. The Morgan fingerprint density at radius 1 is 1.47 bits per heavy atom.